The molecule has 26 heavy (non-hydrogen) atoms. The van der Waals surface area contributed by atoms with Crippen LogP contribution in [0.1, 0.15) is 18.4 Å². The first-order valence-electron chi connectivity index (χ1n) is 8.73. The molecule has 0 aliphatic carbocycles. The summed E-state index contributed by atoms with van der Waals surface area (Å²) in [6.07, 6.45) is 5.26. The van der Waals surface area contributed by atoms with Gasteiger partial charge in [-0.1, -0.05) is 18.2 Å². The average molecular weight is 353 g/mol. The third kappa shape index (κ3) is 3.15. The molecule has 1 fully saturated rings. The van der Waals surface area contributed by atoms with Crippen LogP contribution in [0.25, 0.3) is 10.8 Å². The highest BCUT2D eigenvalue weighted by atomic mass is 16.6. The first kappa shape index (κ1) is 16.6. The molecular formula is C20H19NO5. The van der Waals surface area contributed by atoms with Crippen LogP contribution in [0.5, 0.6) is 17.2 Å². The van der Waals surface area contributed by atoms with Gasteiger partial charge in [0.1, 0.15) is 0 Å². The molecule has 0 radical (unpaired) electrons. The second-order valence-corrected chi connectivity index (χ2v) is 6.54. The third-order valence-electron chi connectivity index (χ3n) is 4.83. The van der Waals surface area contributed by atoms with Crippen molar-refractivity contribution in [2.45, 2.75) is 19.3 Å². The van der Waals surface area contributed by atoms with E-state index in [-0.39, 0.29) is 17.2 Å². The number of carbonyl (C=O) groups excluding carboxylic acids is 2. The van der Waals surface area contributed by atoms with Crippen molar-refractivity contribution in [3.63, 3.8) is 0 Å². The van der Waals surface area contributed by atoms with E-state index in [0.717, 1.165) is 49.2 Å². The molecule has 0 unspecified atom stereocenters. The quantitative estimate of drug-likeness (QED) is 0.675. The van der Waals surface area contributed by atoms with Crippen molar-refractivity contribution in [3.8, 4) is 17.2 Å². The van der Waals surface area contributed by atoms with Gasteiger partial charge in [0.05, 0.1) is 0 Å². The molecule has 6 nitrogen and oxygen atoms in total. The summed E-state index contributed by atoms with van der Waals surface area (Å²) in [5, 5.41) is 11.8. The first-order chi connectivity index (χ1) is 12.6. The SMILES string of the molecule is O=C1/C=C/C(=O)Oc2c(O)c(cc3c(CCN4CCCC4)cccc23)O1. The molecule has 2 aliphatic rings. The van der Waals surface area contributed by atoms with E-state index in [4.69, 9.17) is 9.47 Å². The minimum Gasteiger partial charge on any atom is -0.502 e. The van der Waals surface area contributed by atoms with E-state index in [1.165, 1.54) is 12.8 Å². The smallest absolute Gasteiger partial charge is 0.336 e. The molecule has 0 spiro atoms. The van der Waals surface area contributed by atoms with Crippen molar-refractivity contribution in [1.29, 1.82) is 0 Å². The van der Waals surface area contributed by atoms with Crippen LogP contribution in [0.3, 0.4) is 0 Å². The molecule has 0 aromatic heterocycles. The maximum Gasteiger partial charge on any atom is 0.336 e. The van der Waals surface area contributed by atoms with E-state index >= 15 is 0 Å². The van der Waals surface area contributed by atoms with Crippen molar-refractivity contribution in [3.05, 3.63) is 42.0 Å². The van der Waals surface area contributed by atoms with E-state index in [2.05, 4.69) is 4.90 Å². The summed E-state index contributed by atoms with van der Waals surface area (Å²) >= 11 is 0. The minimum atomic E-state index is -0.737. The molecule has 2 bridgehead atoms. The first-order valence-corrected chi connectivity index (χ1v) is 8.73. The van der Waals surface area contributed by atoms with E-state index in [9.17, 15) is 14.7 Å². The number of ether oxygens (including phenoxy) is 2. The zero-order valence-electron chi connectivity index (χ0n) is 14.2. The lowest BCUT2D eigenvalue weighted by molar-refractivity contribution is -0.131. The van der Waals surface area contributed by atoms with Crippen LogP contribution in [-0.2, 0) is 16.0 Å². The van der Waals surface area contributed by atoms with Crippen molar-refractivity contribution >= 4 is 22.7 Å². The molecule has 2 aromatic rings. The summed E-state index contributed by atoms with van der Waals surface area (Å²) in [6, 6.07) is 7.30. The molecule has 2 heterocycles. The number of hydrogen-bond acceptors (Lipinski definition) is 6. The van der Waals surface area contributed by atoms with Gasteiger partial charge in [-0.3, -0.25) is 0 Å². The summed E-state index contributed by atoms with van der Waals surface area (Å²) in [5.74, 6) is -1.81. The highest BCUT2D eigenvalue weighted by molar-refractivity contribution is 6.01. The van der Waals surface area contributed by atoms with Gasteiger partial charge in [-0.05, 0) is 49.4 Å². The predicted molar refractivity (Wildman–Crippen MR) is 95.4 cm³/mol. The van der Waals surface area contributed by atoms with Crippen LogP contribution in [-0.4, -0.2) is 41.6 Å². The van der Waals surface area contributed by atoms with Crippen molar-refractivity contribution in [1.82, 2.24) is 4.90 Å². The van der Waals surface area contributed by atoms with Crippen LogP contribution in [0.15, 0.2) is 36.4 Å². The zero-order chi connectivity index (χ0) is 18.1. The van der Waals surface area contributed by atoms with Crippen molar-refractivity contribution < 1.29 is 24.2 Å². The van der Waals surface area contributed by atoms with E-state index < -0.39 is 11.9 Å². The van der Waals surface area contributed by atoms with Gasteiger partial charge in [-0.15, -0.1) is 0 Å². The second kappa shape index (κ2) is 6.80. The van der Waals surface area contributed by atoms with Crippen LogP contribution >= 0.6 is 0 Å². The normalized spacial score (nSPS) is 18.8. The number of nitrogens with zero attached hydrogens (tertiary/aromatic N) is 1. The van der Waals surface area contributed by atoms with Gasteiger partial charge >= 0.3 is 11.9 Å². The Morgan fingerprint density at radius 1 is 1.00 bits per heavy atom. The number of esters is 2. The summed E-state index contributed by atoms with van der Waals surface area (Å²) < 4.78 is 10.5. The van der Waals surface area contributed by atoms with Crippen LogP contribution < -0.4 is 9.47 Å². The number of hydrogen-bond donors (Lipinski definition) is 1. The highest BCUT2D eigenvalue weighted by Gasteiger charge is 2.22. The predicted octanol–water partition coefficient (Wildman–Crippen LogP) is 2.56. The molecule has 4 rings (SSSR count). The molecule has 1 N–H and O–H groups in total. The third-order valence-corrected chi connectivity index (χ3v) is 4.83. The van der Waals surface area contributed by atoms with Gasteiger partial charge in [0.15, 0.2) is 11.5 Å². The Morgan fingerprint density at radius 3 is 2.50 bits per heavy atom. The Kier molecular flexibility index (Phi) is 4.34. The number of rotatable bonds is 3. The van der Waals surface area contributed by atoms with Gasteiger partial charge in [0.2, 0.25) is 5.75 Å². The van der Waals surface area contributed by atoms with E-state index in [1.54, 1.807) is 12.1 Å². The number of fused-ring (bicyclic) bond motifs is 4. The fraction of sp³-hybridized carbons (Fsp3) is 0.300. The summed E-state index contributed by atoms with van der Waals surface area (Å²) in [5.41, 5.74) is 1.05. The molecule has 0 amide bonds. The zero-order valence-corrected chi connectivity index (χ0v) is 14.2. The van der Waals surface area contributed by atoms with Crippen molar-refractivity contribution in [2.75, 3.05) is 19.6 Å². The van der Waals surface area contributed by atoms with Crippen molar-refractivity contribution in [2.24, 2.45) is 0 Å². The van der Waals surface area contributed by atoms with Gasteiger partial charge in [0.25, 0.3) is 0 Å². The Balaban J connectivity index is 1.79. The number of carbonyl (C=O) groups is 2. The average Bonchev–Trinajstić information content (AvgIpc) is 3.15. The monoisotopic (exact) mass is 353 g/mol. The highest BCUT2D eigenvalue weighted by Crippen LogP contribution is 2.44. The largest absolute Gasteiger partial charge is 0.502 e. The minimum absolute atomic E-state index is 0.00882. The molecule has 0 saturated carbocycles. The molecular weight excluding hydrogens is 334 g/mol. The second-order valence-electron chi connectivity index (χ2n) is 6.54. The Hall–Kier alpha value is -2.86. The maximum atomic E-state index is 11.9. The lowest BCUT2D eigenvalue weighted by atomic mass is 10.00. The topological polar surface area (TPSA) is 76.1 Å². The fourth-order valence-electron chi connectivity index (χ4n) is 3.52. The number of likely N-dealkylation sites (tertiary alicyclic amines) is 1. The molecule has 6 heteroatoms. The standard InChI is InChI=1S/C20H19NO5/c22-17-6-7-18(23)26-20-14-5-3-4-13(8-11-21-9-1-2-10-21)15(14)12-16(25-17)19(20)24/h3-7,12,24H,1-2,8-11H2/b7-6+. The van der Waals surface area contributed by atoms with Crippen LogP contribution in [0.2, 0.25) is 0 Å². The molecule has 0 atom stereocenters. The number of phenols is 1. The summed E-state index contributed by atoms with van der Waals surface area (Å²) in [4.78, 5) is 26.1. The molecule has 134 valence electrons. The molecule has 2 aromatic carbocycles. The van der Waals surface area contributed by atoms with E-state index in [1.807, 2.05) is 12.1 Å². The number of benzene rings is 2. The summed E-state index contributed by atoms with van der Waals surface area (Å²) in [7, 11) is 0. The van der Waals surface area contributed by atoms with Gasteiger partial charge in [-0.2, -0.15) is 0 Å². The summed E-state index contributed by atoms with van der Waals surface area (Å²) in [6.45, 7) is 3.16. The Bertz CT molecular complexity index is 912. The lowest BCUT2D eigenvalue weighted by Gasteiger charge is -2.17. The van der Waals surface area contributed by atoms with Gasteiger partial charge in [0, 0.05) is 24.1 Å². The Labute approximate surface area is 150 Å². The van der Waals surface area contributed by atoms with E-state index in [0.29, 0.717) is 5.39 Å². The lowest BCUT2D eigenvalue weighted by Crippen LogP contribution is -2.22. The molecule has 1 saturated heterocycles. The molecule has 2 aliphatic heterocycles. The fourth-order valence-corrected chi connectivity index (χ4v) is 3.52. The number of phenolic OH excluding ortho intramolecular Hbond substituents is 1. The van der Waals surface area contributed by atoms with Gasteiger partial charge in [-0.25, -0.2) is 9.59 Å². The van der Waals surface area contributed by atoms with Gasteiger partial charge < -0.3 is 19.5 Å². The number of aromatic hydroxyl groups is 1. The van der Waals surface area contributed by atoms with Crippen LogP contribution in [0.4, 0.5) is 0 Å². The maximum absolute atomic E-state index is 11.9. The Morgan fingerprint density at radius 2 is 1.73 bits per heavy atom. The van der Waals surface area contributed by atoms with Crippen LogP contribution in [0, 0.1) is 0 Å².